The Labute approximate surface area is 87.0 Å². The van der Waals surface area contributed by atoms with Crippen molar-refractivity contribution in [3.63, 3.8) is 0 Å². The molecule has 0 aromatic carbocycles. The average Bonchev–Trinajstić information content (AvgIpc) is 2.82. The maximum absolute atomic E-state index is 11.6. The van der Waals surface area contributed by atoms with E-state index in [1.165, 1.54) is 6.20 Å². The third-order valence-electron chi connectivity index (χ3n) is 2.50. The van der Waals surface area contributed by atoms with Crippen LogP contribution in [0.3, 0.4) is 0 Å². The van der Waals surface area contributed by atoms with Crippen LogP contribution >= 0.6 is 0 Å². The van der Waals surface area contributed by atoms with Crippen LogP contribution in [-0.4, -0.2) is 22.6 Å². The second-order valence-electron chi connectivity index (χ2n) is 3.45. The number of amides is 1. The topological polar surface area (TPSA) is 72.8 Å². The third kappa shape index (κ3) is 1.50. The van der Waals surface area contributed by atoms with E-state index in [-0.39, 0.29) is 11.8 Å². The van der Waals surface area contributed by atoms with Crippen molar-refractivity contribution in [2.24, 2.45) is 5.92 Å². The first-order valence-electron chi connectivity index (χ1n) is 4.62. The number of carbonyl (C=O) groups is 1. The molecule has 1 atom stereocenters. The van der Waals surface area contributed by atoms with Crippen molar-refractivity contribution in [2.75, 3.05) is 11.4 Å². The minimum absolute atomic E-state index is 0.000602. The molecule has 5 nitrogen and oxygen atoms in total. The van der Waals surface area contributed by atoms with E-state index < -0.39 is 0 Å². The molecular weight excluding hydrogens is 192 g/mol. The molecular formula is C10H10N4O. The zero-order valence-electron chi connectivity index (χ0n) is 8.10. The van der Waals surface area contributed by atoms with Crippen molar-refractivity contribution in [3.05, 3.63) is 24.4 Å². The van der Waals surface area contributed by atoms with Crippen LogP contribution in [0.2, 0.25) is 0 Å². The second-order valence-corrected chi connectivity index (χ2v) is 3.45. The summed E-state index contributed by atoms with van der Waals surface area (Å²) in [5, 5.41) is 15.2. The van der Waals surface area contributed by atoms with Crippen LogP contribution in [-0.2, 0) is 4.79 Å². The Morgan fingerprint density at radius 1 is 1.80 bits per heavy atom. The molecule has 1 N–H and O–H groups in total. The van der Waals surface area contributed by atoms with E-state index in [1.54, 1.807) is 11.0 Å². The Morgan fingerprint density at radius 2 is 2.60 bits per heavy atom. The number of hydrogen-bond donors (Lipinski definition) is 1. The van der Waals surface area contributed by atoms with Gasteiger partial charge in [0.1, 0.15) is 17.5 Å². The van der Waals surface area contributed by atoms with Gasteiger partial charge in [-0.15, -0.1) is 6.58 Å². The summed E-state index contributed by atoms with van der Waals surface area (Å²) in [7, 11) is 0. The van der Waals surface area contributed by atoms with Crippen molar-refractivity contribution in [3.8, 4) is 6.07 Å². The Hall–Kier alpha value is -2.09. The minimum Gasteiger partial charge on any atom is -0.295 e. The number of nitrogens with zero attached hydrogens (tertiary/aromatic N) is 3. The number of aromatic nitrogens is 2. The molecule has 0 bridgehead atoms. The summed E-state index contributed by atoms with van der Waals surface area (Å²) in [4.78, 5) is 13.2. The first-order valence-corrected chi connectivity index (χ1v) is 4.62. The van der Waals surface area contributed by atoms with Gasteiger partial charge in [0.2, 0.25) is 5.91 Å². The van der Waals surface area contributed by atoms with Gasteiger partial charge >= 0.3 is 0 Å². The zero-order chi connectivity index (χ0) is 10.8. The fraction of sp³-hybridized carbons (Fsp3) is 0.300. The third-order valence-corrected chi connectivity index (χ3v) is 2.50. The van der Waals surface area contributed by atoms with Crippen LogP contribution < -0.4 is 4.90 Å². The predicted octanol–water partition coefficient (Wildman–Crippen LogP) is 0.820. The molecule has 1 aliphatic heterocycles. The van der Waals surface area contributed by atoms with Crippen LogP contribution in [0.5, 0.6) is 0 Å². The molecule has 1 saturated heterocycles. The highest BCUT2D eigenvalue weighted by atomic mass is 16.2. The summed E-state index contributed by atoms with van der Waals surface area (Å²) in [6.45, 7) is 4.23. The maximum Gasteiger partial charge on any atom is 0.228 e. The zero-order valence-corrected chi connectivity index (χ0v) is 8.10. The number of carbonyl (C=O) groups excluding carboxylic acids is 1. The Kier molecular flexibility index (Phi) is 2.26. The van der Waals surface area contributed by atoms with Gasteiger partial charge in [-0.25, -0.2) is 0 Å². The lowest BCUT2D eigenvalue weighted by Crippen LogP contribution is -2.25. The van der Waals surface area contributed by atoms with E-state index in [0.717, 1.165) is 0 Å². The average molecular weight is 202 g/mol. The number of anilines is 1. The standard InChI is InChI=1S/C10H10N4O/c1-2-7-3-9(15)14(6-7)10-8(4-11)5-12-13-10/h2,5,7H,1,3,6H2,(H,12,13). The van der Waals surface area contributed by atoms with Crippen molar-refractivity contribution in [1.82, 2.24) is 10.2 Å². The molecule has 0 spiro atoms. The maximum atomic E-state index is 11.6. The number of rotatable bonds is 2. The number of aromatic amines is 1. The van der Waals surface area contributed by atoms with Crippen molar-refractivity contribution in [1.29, 1.82) is 5.26 Å². The lowest BCUT2D eigenvalue weighted by Gasteiger charge is -2.13. The van der Waals surface area contributed by atoms with Gasteiger partial charge in [0.25, 0.3) is 0 Å². The summed E-state index contributed by atoms with van der Waals surface area (Å²) in [5.74, 6) is 0.653. The Bertz CT molecular complexity index is 443. The molecule has 1 aromatic rings. The highest BCUT2D eigenvalue weighted by Gasteiger charge is 2.31. The number of nitrogens with one attached hydrogen (secondary N) is 1. The lowest BCUT2D eigenvalue weighted by molar-refractivity contribution is -0.117. The normalized spacial score (nSPS) is 20.3. The fourth-order valence-electron chi connectivity index (χ4n) is 1.68. The molecule has 76 valence electrons. The van der Waals surface area contributed by atoms with Gasteiger partial charge in [-0.2, -0.15) is 10.4 Å². The molecule has 1 amide bonds. The van der Waals surface area contributed by atoms with Crippen molar-refractivity contribution in [2.45, 2.75) is 6.42 Å². The predicted molar refractivity (Wildman–Crippen MR) is 54.0 cm³/mol. The van der Waals surface area contributed by atoms with Crippen LogP contribution in [0.1, 0.15) is 12.0 Å². The van der Waals surface area contributed by atoms with E-state index in [2.05, 4.69) is 16.8 Å². The van der Waals surface area contributed by atoms with Crippen molar-refractivity contribution < 1.29 is 4.79 Å². The van der Waals surface area contributed by atoms with Crippen LogP contribution in [0.25, 0.3) is 0 Å². The molecule has 0 radical (unpaired) electrons. The quantitative estimate of drug-likeness (QED) is 0.721. The van der Waals surface area contributed by atoms with Gasteiger partial charge in [0.15, 0.2) is 0 Å². The second kappa shape index (κ2) is 3.58. The van der Waals surface area contributed by atoms with E-state index in [1.807, 2.05) is 6.07 Å². The monoisotopic (exact) mass is 202 g/mol. The van der Waals surface area contributed by atoms with Gasteiger partial charge in [0, 0.05) is 18.9 Å². The number of nitriles is 1. The molecule has 5 heteroatoms. The van der Waals surface area contributed by atoms with Crippen LogP contribution in [0.4, 0.5) is 5.82 Å². The van der Waals surface area contributed by atoms with Gasteiger partial charge in [-0.05, 0) is 0 Å². The Balaban J connectivity index is 2.29. The molecule has 2 rings (SSSR count). The molecule has 1 unspecified atom stereocenters. The number of H-pyrrole nitrogens is 1. The van der Waals surface area contributed by atoms with Crippen molar-refractivity contribution >= 4 is 11.7 Å². The lowest BCUT2D eigenvalue weighted by atomic mass is 10.1. The first-order chi connectivity index (χ1) is 7.26. The summed E-state index contributed by atoms with van der Waals surface area (Å²) in [5.41, 5.74) is 0.396. The fourth-order valence-corrected chi connectivity index (χ4v) is 1.68. The van der Waals surface area contributed by atoms with E-state index in [9.17, 15) is 4.79 Å². The van der Waals surface area contributed by atoms with Gasteiger partial charge < -0.3 is 0 Å². The number of hydrogen-bond acceptors (Lipinski definition) is 3. The first kappa shape index (κ1) is 9.46. The summed E-state index contributed by atoms with van der Waals surface area (Å²) < 4.78 is 0. The van der Waals surface area contributed by atoms with E-state index >= 15 is 0 Å². The summed E-state index contributed by atoms with van der Waals surface area (Å²) >= 11 is 0. The summed E-state index contributed by atoms with van der Waals surface area (Å²) in [6, 6.07) is 1.99. The molecule has 1 aliphatic rings. The molecule has 0 saturated carbocycles. The van der Waals surface area contributed by atoms with E-state index in [4.69, 9.17) is 5.26 Å². The minimum atomic E-state index is 0.000602. The molecule has 1 aromatic heterocycles. The van der Waals surface area contributed by atoms with Gasteiger partial charge in [0.05, 0.1) is 6.20 Å². The highest BCUT2D eigenvalue weighted by Crippen LogP contribution is 2.25. The largest absolute Gasteiger partial charge is 0.295 e. The van der Waals surface area contributed by atoms with Gasteiger partial charge in [-0.1, -0.05) is 6.08 Å². The molecule has 1 fully saturated rings. The summed E-state index contributed by atoms with van der Waals surface area (Å²) in [6.07, 6.45) is 3.64. The SMILES string of the molecule is C=CC1CC(=O)N(c2[nH]ncc2C#N)C1. The highest BCUT2D eigenvalue weighted by molar-refractivity contribution is 5.96. The van der Waals surface area contributed by atoms with Gasteiger partial charge in [-0.3, -0.25) is 14.8 Å². The molecule has 2 heterocycles. The smallest absolute Gasteiger partial charge is 0.228 e. The molecule has 15 heavy (non-hydrogen) atoms. The van der Waals surface area contributed by atoms with E-state index in [0.29, 0.717) is 24.3 Å². The van der Waals surface area contributed by atoms with Crippen LogP contribution in [0.15, 0.2) is 18.9 Å². The molecule has 0 aliphatic carbocycles. The Morgan fingerprint density at radius 3 is 3.20 bits per heavy atom. The van der Waals surface area contributed by atoms with Crippen LogP contribution in [0, 0.1) is 17.2 Å².